The lowest BCUT2D eigenvalue weighted by Gasteiger charge is -2.16. The standard InChI is InChI=1S/C7H17N.C2H6/c1-7(2,3)5-6-8-4;1-2/h8H,5-6H2,1-4H3;1-2H3. The minimum atomic E-state index is 0.489. The van der Waals surface area contributed by atoms with Crippen molar-refractivity contribution in [2.45, 2.75) is 41.0 Å². The van der Waals surface area contributed by atoms with E-state index >= 15 is 0 Å². The Balaban J connectivity index is 0. The molecular weight excluding hydrogens is 122 g/mol. The lowest BCUT2D eigenvalue weighted by atomic mass is 9.92. The Hall–Kier alpha value is -0.0400. The number of nitrogens with one attached hydrogen (secondary N) is 1. The molecule has 64 valence electrons. The summed E-state index contributed by atoms with van der Waals surface area (Å²) in [5.41, 5.74) is 0.489. The maximum Gasteiger partial charge on any atom is -0.00469 e. The van der Waals surface area contributed by atoms with E-state index in [-0.39, 0.29) is 0 Å². The molecule has 10 heavy (non-hydrogen) atoms. The molecule has 0 heterocycles. The Kier molecular flexibility index (Phi) is 8.92. The highest BCUT2D eigenvalue weighted by Crippen LogP contribution is 2.16. The van der Waals surface area contributed by atoms with Crippen molar-refractivity contribution in [1.82, 2.24) is 5.32 Å². The molecule has 1 N–H and O–H groups in total. The summed E-state index contributed by atoms with van der Waals surface area (Å²) < 4.78 is 0. The molecule has 0 rings (SSSR count). The molecule has 0 fully saturated rings. The third kappa shape index (κ3) is 15.7. The van der Waals surface area contributed by atoms with Crippen LogP contribution in [0.5, 0.6) is 0 Å². The van der Waals surface area contributed by atoms with E-state index in [9.17, 15) is 0 Å². The SMILES string of the molecule is CC.CNCCC(C)(C)C. The summed E-state index contributed by atoms with van der Waals surface area (Å²) in [6.45, 7) is 11.9. The summed E-state index contributed by atoms with van der Waals surface area (Å²) in [4.78, 5) is 0. The highest BCUT2D eigenvalue weighted by atomic mass is 14.8. The van der Waals surface area contributed by atoms with Gasteiger partial charge < -0.3 is 5.32 Å². The van der Waals surface area contributed by atoms with Gasteiger partial charge in [-0.15, -0.1) is 0 Å². The fraction of sp³-hybridized carbons (Fsp3) is 1.00. The normalized spacial score (nSPS) is 10.2. The summed E-state index contributed by atoms with van der Waals surface area (Å²) in [6, 6.07) is 0. The van der Waals surface area contributed by atoms with E-state index in [1.165, 1.54) is 6.42 Å². The maximum atomic E-state index is 3.12. The molecule has 0 saturated heterocycles. The number of rotatable bonds is 2. The van der Waals surface area contributed by atoms with E-state index < -0.39 is 0 Å². The Labute approximate surface area is 66.2 Å². The van der Waals surface area contributed by atoms with Crippen LogP contribution >= 0.6 is 0 Å². The van der Waals surface area contributed by atoms with E-state index in [0.29, 0.717) is 5.41 Å². The van der Waals surface area contributed by atoms with Gasteiger partial charge in [-0.2, -0.15) is 0 Å². The van der Waals surface area contributed by atoms with Crippen LogP contribution < -0.4 is 5.32 Å². The van der Waals surface area contributed by atoms with Crippen molar-refractivity contribution in [3.63, 3.8) is 0 Å². The van der Waals surface area contributed by atoms with Gasteiger partial charge in [-0.05, 0) is 25.4 Å². The first-order valence-electron chi connectivity index (χ1n) is 4.21. The van der Waals surface area contributed by atoms with Gasteiger partial charge in [-0.1, -0.05) is 34.6 Å². The average Bonchev–Trinajstić information content (AvgIpc) is 1.87. The molecular formula is C9H23N. The predicted molar refractivity (Wildman–Crippen MR) is 49.3 cm³/mol. The molecule has 0 saturated carbocycles. The first-order valence-corrected chi connectivity index (χ1v) is 4.21. The molecule has 1 nitrogen and oxygen atoms in total. The van der Waals surface area contributed by atoms with Crippen LogP contribution in [0.25, 0.3) is 0 Å². The summed E-state index contributed by atoms with van der Waals surface area (Å²) in [5.74, 6) is 0. The molecule has 0 amide bonds. The van der Waals surface area contributed by atoms with Gasteiger partial charge in [-0.25, -0.2) is 0 Å². The van der Waals surface area contributed by atoms with Crippen LogP contribution in [0.2, 0.25) is 0 Å². The molecule has 0 aromatic rings. The third-order valence-corrected chi connectivity index (χ3v) is 1.12. The second kappa shape index (κ2) is 7.07. The highest BCUT2D eigenvalue weighted by molar-refractivity contribution is 4.61. The third-order valence-electron chi connectivity index (χ3n) is 1.12. The lowest BCUT2D eigenvalue weighted by Crippen LogP contribution is -2.16. The Morgan fingerprint density at radius 3 is 1.60 bits per heavy atom. The van der Waals surface area contributed by atoms with Crippen molar-refractivity contribution < 1.29 is 0 Å². The molecule has 0 spiro atoms. The average molecular weight is 145 g/mol. The van der Waals surface area contributed by atoms with Crippen LogP contribution in [0.4, 0.5) is 0 Å². The Morgan fingerprint density at radius 2 is 1.50 bits per heavy atom. The minimum Gasteiger partial charge on any atom is -0.320 e. The minimum absolute atomic E-state index is 0.489. The summed E-state index contributed by atoms with van der Waals surface area (Å²) in [5, 5.41) is 3.12. The van der Waals surface area contributed by atoms with Gasteiger partial charge in [-0.3, -0.25) is 0 Å². The largest absolute Gasteiger partial charge is 0.320 e. The topological polar surface area (TPSA) is 12.0 Å². The molecule has 0 aromatic carbocycles. The van der Waals surface area contributed by atoms with Gasteiger partial charge in [0.2, 0.25) is 0 Å². The molecule has 0 atom stereocenters. The van der Waals surface area contributed by atoms with Crippen LogP contribution in [-0.4, -0.2) is 13.6 Å². The van der Waals surface area contributed by atoms with Crippen LogP contribution in [-0.2, 0) is 0 Å². The molecule has 0 aliphatic carbocycles. The van der Waals surface area contributed by atoms with E-state index in [2.05, 4.69) is 26.1 Å². The fourth-order valence-corrected chi connectivity index (χ4v) is 0.500. The maximum absolute atomic E-state index is 3.12. The van der Waals surface area contributed by atoms with Crippen molar-refractivity contribution in [2.24, 2.45) is 5.41 Å². The highest BCUT2D eigenvalue weighted by Gasteiger charge is 2.07. The molecule has 0 radical (unpaired) electrons. The van der Waals surface area contributed by atoms with Crippen LogP contribution in [0.15, 0.2) is 0 Å². The van der Waals surface area contributed by atoms with Crippen LogP contribution in [0.3, 0.4) is 0 Å². The lowest BCUT2D eigenvalue weighted by molar-refractivity contribution is 0.373. The summed E-state index contributed by atoms with van der Waals surface area (Å²) in [6.07, 6.45) is 1.25. The molecule has 0 bridgehead atoms. The zero-order valence-electron chi connectivity index (χ0n) is 8.41. The zero-order chi connectivity index (χ0) is 8.62. The van der Waals surface area contributed by atoms with Gasteiger partial charge in [0.25, 0.3) is 0 Å². The predicted octanol–water partition coefficient (Wildman–Crippen LogP) is 2.67. The smallest absolute Gasteiger partial charge is 0.00469 e. The van der Waals surface area contributed by atoms with Gasteiger partial charge in [0.15, 0.2) is 0 Å². The van der Waals surface area contributed by atoms with E-state index in [0.717, 1.165) is 6.54 Å². The van der Waals surface area contributed by atoms with E-state index in [1.807, 2.05) is 20.9 Å². The van der Waals surface area contributed by atoms with Crippen molar-refractivity contribution in [2.75, 3.05) is 13.6 Å². The molecule has 1 heteroatoms. The van der Waals surface area contributed by atoms with Crippen LogP contribution in [0, 0.1) is 5.41 Å². The Bertz CT molecular complexity index is 52.2. The van der Waals surface area contributed by atoms with Gasteiger partial charge in [0.05, 0.1) is 0 Å². The quantitative estimate of drug-likeness (QED) is 0.630. The van der Waals surface area contributed by atoms with Crippen molar-refractivity contribution in [1.29, 1.82) is 0 Å². The fourth-order valence-electron chi connectivity index (χ4n) is 0.500. The van der Waals surface area contributed by atoms with Gasteiger partial charge in [0, 0.05) is 0 Å². The molecule has 0 unspecified atom stereocenters. The van der Waals surface area contributed by atoms with Gasteiger partial charge >= 0.3 is 0 Å². The van der Waals surface area contributed by atoms with Crippen molar-refractivity contribution in [3.8, 4) is 0 Å². The molecule has 0 aliphatic rings. The van der Waals surface area contributed by atoms with Crippen LogP contribution in [0.1, 0.15) is 41.0 Å². The van der Waals surface area contributed by atoms with Crippen molar-refractivity contribution in [3.05, 3.63) is 0 Å². The zero-order valence-corrected chi connectivity index (χ0v) is 8.41. The number of hydrogen-bond acceptors (Lipinski definition) is 1. The second-order valence-corrected chi connectivity index (χ2v) is 3.41. The van der Waals surface area contributed by atoms with E-state index in [4.69, 9.17) is 0 Å². The van der Waals surface area contributed by atoms with Crippen molar-refractivity contribution >= 4 is 0 Å². The van der Waals surface area contributed by atoms with Gasteiger partial charge in [0.1, 0.15) is 0 Å². The van der Waals surface area contributed by atoms with E-state index in [1.54, 1.807) is 0 Å². The molecule has 0 aromatic heterocycles. The molecule has 0 aliphatic heterocycles. The monoisotopic (exact) mass is 145 g/mol. The number of hydrogen-bond donors (Lipinski definition) is 1. The Morgan fingerprint density at radius 1 is 1.10 bits per heavy atom. The summed E-state index contributed by atoms with van der Waals surface area (Å²) in [7, 11) is 1.99. The first-order chi connectivity index (χ1) is 4.56. The summed E-state index contributed by atoms with van der Waals surface area (Å²) >= 11 is 0. The first kappa shape index (κ1) is 12.6. The second-order valence-electron chi connectivity index (χ2n) is 3.41.